The number of carbonyl (C=O) groups excluding carboxylic acids is 1. The van der Waals surface area contributed by atoms with Gasteiger partial charge in [0, 0.05) is 13.1 Å². The van der Waals surface area contributed by atoms with Crippen LogP contribution in [0.3, 0.4) is 0 Å². The fourth-order valence-corrected chi connectivity index (χ4v) is 1.87. The highest BCUT2D eigenvalue weighted by Gasteiger charge is 2.24. The lowest BCUT2D eigenvalue weighted by atomic mass is 10.1. The van der Waals surface area contributed by atoms with Gasteiger partial charge in [-0.05, 0) is 19.4 Å². The van der Waals surface area contributed by atoms with Gasteiger partial charge in [-0.25, -0.2) is 9.59 Å². The molecule has 0 fully saturated rings. The van der Waals surface area contributed by atoms with E-state index in [4.69, 9.17) is 5.26 Å². The zero-order valence-corrected chi connectivity index (χ0v) is 12.1. The minimum Gasteiger partial charge on any atom is -0.479 e. The molecule has 0 spiro atoms. The molecule has 2 atom stereocenters. The highest BCUT2D eigenvalue weighted by Crippen LogP contribution is 2.13. The summed E-state index contributed by atoms with van der Waals surface area (Å²) in [7, 11) is 0. The van der Waals surface area contributed by atoms with Crippen LogP contribution in [0.25, 0.3) is 0 Å². The topological polar surface area (TPSA) is 93.4 Å². The number of nitriles is 1. The lowest BCUT2D eigenvalue weighted by Crippen LogP contribution is -2.45. The Morgan fingerprint density at radius 2 is 2.00 bits per heavy atom. The summed E-state index contributed by atoms with van der Waals surface area (Å²) in [4.78, 5) is 24.9. The van der Waals surface area contributed by atoms with Crippen LogP contribution in [0.5, 0.6) is 0 Å². The summed E-state index contributed by atoms with van der Waals surface area (Å²) in [5.74, 6) is -1.44. The number of hydrogen-bond donors (Lipinski definition) is 2. The maximum absolute atomic E-state index is 12.2. The second kappa shape index (κ2) is 7.90. The monoisotopic (exact) mass is 289 g/mol. The highest BCUT2D eigenvalue weighted by molar-refractivity contribution is 5.83. The number of carboxylic acid groups (broad SMARTS) is 1. The van der Waals surface area contributed by atoms with Crippen LogP contribution in [0.15, 0.2) is 30.3 Å². The van der Waals surface area contributed by atoms with Crippen molar-refractivity contribution in [2.24, 2.45) is 5.92 Å². The lowest BCUT2D eigenvalue weighted by Gasteiger charge is -2.24. The number of urea groups is 1. The molecular weight excluding hydrogens is 270 g/mol. The third-order valence-corrected chi connectivity index (χ3v) is 3.03. The number of aliphatic carboxylic acids is 1. The van der Waals surface area contributed by atoms with Crippen LogP contribution in [0.4, 0.5) is 4.79 Å². The molecule has 0 saturated heterocycles. The number of nitrogens with one attached hydrogen (secondary N) is 1. The largest absolute Gasteiger partial charge is 0.479 e. The molecule has 1 rings (SSSR count). The summed E-state index contributed by atoms with van der Waals surface area (Å²) < 4.78 is 0. The van der Waals surface area contributed by atoms with Gasteiger partial charge in [0.05, 0.1) is 12.0 Å². The fraction of sp³-hybridized carbons (Fsp3) is 0.400. The predicted octanol–water partition coefficient (Wildman–Crippen LogP) is 2.00. The van der Waals surface area contributed by atoms with Crippen molar-refractivity contribution in [3.05, 3.63) is 35.9 Å². The molecule has 1 aromatic rings. The molecule has 2 N–H and O–H groups in total. The van der Waals surface area contributed by atoms with Crippen molar-refractivity contribution in [2.75, 3.05) is 13.1 Å². The standard InChI is InChI=1S/C15H19N3O3/c1-3-18(10-11(2)9-16)15(21)17-13(14(19)20)12-7-5-4-6-8-12/h4-8,11,13H,3,10H2,1-2H3,(H,17,21)(H,19,20)/t11?,13-/m0/s1. The zero-order valence-electron chi connectivity index (χ0n) is 12.1. The number of rotatable bonds is 6. The first-order chi connectivity index (χ1) is 9.99. The van der Waals surface area contributed by atoms with E-state index in [2.05, 4.69) is 11.4 Å². The molecule has 21 heavy (non-hydrogen) atoms. The molecule has 2 amide bonds. The summed E-state index contributed by atoms with van der Waals surface area (Å²) in [5.41, 5.74) is 0.503. The van der Waals surface area contributed by atoms with Crippen molar-refractivity contribution in [1.29, 1.82) is 5.26 Å². The van der Waals surface area contributed by atoms with Crippen LogP contribution >= 0.6 is 0 Å². The Kier molecular flexibility index (Phi) is 6.21. The molecule has 6 nitrogen and oxygen atoms in total. The van der Waals surface area contributed by atoms with Crippen molar-refractivity contribution in [1.82, 2.24) is 10.2 Å². The first-order valence-electron chi connectivity index (χ1n) is 6.72. The Morgan fingerprint density at radius 3 is 2.48 bits per heavy atom. The lowest BCUT2D eigenvalue weighted by molar-refractivity contribution is -0.139. The number of carboxylic acids is 1. The second-order valence-corrected chi connectivity index (χ2v) is 4.70. The molecular formula is C15H19N3O3. The van der Waals surface area contributed by atoms with E-state index in [9.17, 15) is 14.7 Å². The molecule has 0 saturated carbocycles. The third kappa shape index (κ3) is 4.80. The van der Waals surface area contributed by atoms with Crippen molar-refractivity contribution in [2.45, 2.75) is 19.9 Å². The first kappa shape index (κ1) is 16.5. The molecule has 0 aliphatic rings. The average molecular weight is 289 g/mol. The molecule has 0 aliphatic heterocycles. The normalized spacial score (nSPS) is 12.8. The molecule has 112 valence electrons. The van der Waals surface area contributed by atoms with Gasteiger partial charge in [0.1, 0.15) is 0 Å². The van der Waals surface area contributed by atoms with Crippen molar-refractivity contribution in [3.8, 4) is 6.07 Å². The van der Waals surface area contributed by atoms with Gasteiger partial charge in [-0.15, -0.1) is 0 Å². The molecule has 1 unspecified atom stereocenters. The van der Waals surface area contributed by atoms with E-state index in [-0.39, 0.29) is 12.5 Å². The molecule has 0 aromatic heterocycles. The summed E-state index contributed by atoms with van der Waals surface area (Å²) in [6.07, 6.45) is 0. The van der Waals surface area contributed by atoms with E-state index < -0.39 is 18.0 Å². The van der Waals surface area contributed by atoms with Gasteiger partial charge in [-0.2, -0.15) is 5.26 Å². The summed E-state index contributed by atoms with van der Waals surface area (Å²) >= 11 is 0. The zero-order chi connectivity index (χ0) is 15.8. The average Bonchev–Trinajstić information content (AvgIpc) is 2.50. The van der Waals surface area contributed by atoms with Crippen molar-refractivity contribution < 1.29 is 14.7 Å². The maximum Gasteiger partial charge on any atom is 0.330 e. The Bertz CT molecular complexity index is 525. The minimum atomic E-state index is -1.13. The van der Waals surface area contributed by atoms with E-state index >= 15 is 0 Å². The Labute approximate surface area is 124 Å². The van der Waals surface area contributed by atoms with Crippen LogP contribution in [0.2, 0.25) is 0 Å². The van der Waals surface area contributed by atoms with Crippen LogP contribution in [-0.2, 0) is 4.79 Å². The van der Waals surface area contributed by atoms with Crippen LogP contribution in [-0.4, -0.2) is 35.1 Å². The van der Waals surface area contributed by atoms with Gasteiger partial charge < -0.3 is 15.3 Å². The summed E-state index contributed by atoms with van der Waals surface area (Å²) in [6.45, 7) is 4.16. The molecule has 0 aliphatic carbocycles. The predicted molar refractivity (Wildman–Crippen MR) is 77.4 cm³/mol. The van der Waals surface area contributed by atoms with E-state index in [1.165, 1.54) is 4.90 Å². The Balaban J connectivity index is 2.82. The summed E-state index contributed by atoms with van der Waals surface area (Å²) in [6, 6.07) is 8.96. The second-order valence-electron chi connectivity index (χ2n) is 4.70. The third-order valence-electron chi connectivity index (χ3n) is 3.03. The maximum atomic E-state index is 12.2. The van der Waals surface area contributed by atoms with Gasteiger partial charge >= 0.3 is 12.0 Å². The van der Waals surface area contributed by atoms with Gasteiger partial charge in [0.15, 0.2) is 6.04 Å². The van der Waals surface area contributed by atoms with E-state index in [0.717, 1.165) is 0 Å². The molecule has 6 heteroatoms. The SMILES string of the molecule is CCN(CC(C)C#N)C(=O)N[C@H](C(=O)O)c1ccccc1. The van der Waals surface area contributed by atoms with Gasteiger partial charge in [-0.3, -0.25) is 0 Å². The summed E-state index contributed by atoms with van der Waals surface area (Å²) in [5, 5.41) is 20.6. The quantitative estimate of drug-likeness (QED) is 0.837. The van der Waals surface area contributed by atoms with Crippen LogP contribution < -0.4 is 5.32 Å². The van der Waals surface area contributed by atoms with E-state index in [1.54, 1.807) is 44.2 Å². The highest BCUT2D eigenvalue weighted by atomic mass is 16.4. The van der Waals surface area contributed by atoms with Gasteiger partial charge in [0.2, 0.25) is 0 Å². The number of amides is 2. The number of benzene rings is 1. The molecule has 0 bridgehead atoms. The fourth-order valence-electron chi connectivity index (χ4n) is 1.87. The van der Waals surface area contributed by atoms with Gasteiger partial charge in [0.25, 0.3) is 0 Å². The number of hydrogen-bond acceptors (Lipinski definition) is 3. The van der Waals surface area contributed by atoms with Crippen LogP contribution in [0.1, 0.15) is 25.5 Å². The van der Waals surface area contributed by atoms with Crippen molar-refractivity contribution in [3.63, 3.8) is 0 Å². The van der Waals surface area contributed by atoms with E-state index in [0.29, 0.717) is 12.1 Å². The number of nitrogens with zero attached hydrogens (tertiary/aromatic N) is 2. The van der Waals surface area contributed by atoms with Crippen LogP contribution in [0, 0.1) is 17.2 Å². The molecule has 1 aromatic carbocycles. The van der Waals surface area contributed by atoms with Crippen molar-refractivity contribution >= 4 is 12.0 Å². The molecule has 0 heterocycles. The van der Waals surface area contributed by atoms with E-state index in [1.807, 2.05) is 0 Å². The minimum absolute atomic E-state index is 0.264. The number of carbonyl (C=O) groups is 2. The van der Waals surface area contributed by atoms with Gasteiger partial charge in [-0.1, -0.05) is 30.3 Å². The Hall–Kier alpha value is -2.55. The molecule has 0 radical (unpaired) electrons. The Morgan fingerprint density at radius 1 is 1.38 bits per heavy atom. The first-order valence-corrected chi connectivity index (χ1v) is 6.72. The smallest absolute Gasteiger partial charge is 0.330 e.